The van der Waals surface area contributed by atoms with Crippen LogP contribution < -0.4 is 10.5 Å². The lowest BCUT2D eigenvalue weighted by atomic mass is 10.1. The third-order valence-electron chi connectivity index (χ3n) is 5.06. The Morgan fingerprint density at radius 3 is 2.40 bits per heavy atom. The fraction of sp³-hybridized carbons (Fsp3) is 0.500. The van der Waals surface area contributed by atoms with Crippen molar-refractivity contribution in [1.29, 1.82) is 0 Å². The Hall–Kier alpha value is -2.57. The van der Waals surface area contributed by atoms with Crippen molar-refractivity contribution in [1.82, 2.24) is 19.2 Å². The number of hydrogen-bond donors (Lipinski definition) is 0. The standard InChI is InChI=1S/C18H23N5O2/c24-17-14-16(19-15-6-2-5-9-23(15)17)20-10-12-22(13-11-20)18(25)21-7-3-1-4-8-21/h2,5-6,9,14H,1,3-4,7-8,10-13H2. The number of carbonyl (C=O) groups is 1. The summed E-state index contributed by atoms with van der Waals surface area (Å²) in [4.78, 5) is 35.4. The van der Waals surface area contributed by atoms with Crippen LogP contribution >= 0.6 is 0 Å². The summed E-state index contributed by atoms with van der Waals surface area (Å²) in [5.41, 5.74) is 0.573. The fourth-order valence-electron chi connectivity index (χ4n) is 3.62. The lowest BCUT2D eigenvalue weighted by molar-refractivity contribution is 0.141. The highest BCUT2D eigenvalue weighted by Crippen LogP contribution is 2.16. The minimum absolute atomic E-state index is 0.0765. The van der Waals surface area contributed by atoms with Gasteiger partial charge >= 0.3 is 6.03 Å². The Labute approximate surface area is 146 Å². The van der Waals surface area contributed by atoms with Crippen molar-refractivity contribution in [2.24, 2.45) is 0 Å². The van der Waals surface area contributed by atoms with Gasteiger partial charge < -0.3 is 14.7 Å². The molecule has 2 saturated heterocycles. The van der Waals surface area contributed by atoms with Crippen LogP contribution in [0.2, 0.25) is 0 Å². The van der Waals surface area contributed by atoms with Crippen molar-refractivity contribution in [2.45, 2.75) is 19.3 Å². The number of pyridine rings is 1. The van der Waals surface area contributed by atoms with Crippen molar-refractivity contribution >= 4 is 17.5 Å². The molecule has 0 spiro atoms. The molecule has 2 aliphatic heterocycles. The van der Waals surface area contributed by atoms with Crippen molar-refractivity contribution in [3.05, 3.63) is 40.8 Å². The molecule has 2 aromatic heterocycles. The summed E-state index contributed by atoms with van der Waals surface area (Å²) in [6.45, 7) is 4.50. The Kier molecular flexibility index (Phi) is 4.29. The van der Waals surface area contributed by atoms with E-state index in [1.807, 2.05) is 28.0 Å². The topological polar surface area (TPSA) is 61.2 Å². The zero-order chi connectivity index (χ0) is 17.2. The molecular formula is C18H23N5O2. The van der Waals surface area contributed by atoms with E-state index in [1.165, 1.54) is 6.42 Å². The van der Waals surface area contributed by atoms with Crippen LogP contribution in [0.5, 0.6) is 0 Å². The van der Waals surface area contributed by atoms with E-state index in [1.54, 1.807) is 16.7 Å². The number of likely N-dealkylation sites (tertiary alicyclic amines) is 1. The number of amides is 2. The molecule has 0 saturated carbocycles. The third-order valence-corrected chi connectivity index (χ3v) is 5.06. The molecule has 7 nitrogen and oxygen atoms in total. The Morgan fingerprint density at radius 1 is 0.920 bits per heavy atom. The van der Waals surface area contributed by atoms with Gasteiger partial charge in [0, 0.05) is 51.5 Å². The highest BCUT2D eigenvalue weighted by atomic mass is 16.2. The first-order valence-electron chi connectivity index (χ1n) is 9.00. The van der Waals surface area contributed by atoms with E-state index in [0.717, 1.165) is 25.9 Å². The average Bonchev–Trinajstić information content (AvgIpc) is 2.68. The molecular weight excluding hydrogens is 318 g/mol. The first kappa shape index (κ1) is 15.9. The van der Waals surface area contributed by atoms with Gasteiger partial charge in [0.15, 0.2) is 0 Å². The first-order valence-corrected chi connectivity index (χ1v) is 9.00. The molecule has 0 unspecified atom stereocenters. The molecule has 132 valence electrons. The SMILES string of the molecule is O=C(N1CCCCC1)N1CCN(c2cc(=O)n3ccccc3n2)CC1. The quantitative estimate of drug-likeness (QED) is 0.787. The number of anilines is 1. The van der Waals surface area contributed by atoms with Crippen LogP contribution in [0.15, 0.2) is 35.3 Å². The van der Waals surface area contributed by atoms with Crippen LogP contribution in [-0.2, 0) is 0 Å². The molecule has 0 bridgehead atoms. The van der Waals surface area contributed by atoms with Gasteiger partial charge in [0.25, 0.3) is 5.56 Å². The summed E-state index contributed by atoms with van der Waals surface area (Å²) in [5, 5.41) is 0. The van der Waals surface area contributed by atoms with Crippen LogP contribution in [0.4, 0.5) is 10.6 Å². The van der Waals surface area contributed by atoms with Crippen molar-refractivity contribution in [3.63, 3.8) is 0 Å². The van der Waals surface area contributed by atoms with Gasteiger partial charge in [0.05, 0.1) is 0 Å². The largest absolute Gasteiger partial charge is 0.353 e. The van der Waals surface area contributed by atoms with Crippen LogP contribution in [0.3, 0.4) is 0 Å². The molecule has 7 heteroatoms. The fourth-order valence-corrected chi connectivity index (χ4v) is 3.62. The molecule has 25 heavy (non-hydrogen) atoms. The minimum Gasteiger partial charge on any atom is -0.353 e. The Bertz CT molecular complexity index is 820. The van der Waals surface area contributed by atoms with E-state index in [4.69, 9.17) is 0 Å². The van der Waals surface area contributed by atoms with Gasteiger partial charge in [-0.3, -0.25) is 9.20 Å². The van der Waals surface area contributed by atoms with Gasteiger partial charge in [-0.15, -0.1) is 0 Å². The molecule has 2 fully saturated rings. The van der Waals surface area contributed by atoms with Gasteiger partial charge in [0.2, 0.25) is 0 Å². The zero-order valence-electron chi connectivity index (χ0n) is 14.3. The molecule has 2 amide bonds. The van der Waals surface area contributed by atoms with E-state index >= 15 is 0 Å². The summed E-state index contributed by atoms with van der Waals surface area (Å²) >= 11 is 0. The number of carbonyl (C=O) groups excluding carboxylic acids is 1. The number of fused-ring (bicyclic) bond motifs is 1. The predicted molar refractivity (Wildman–Crippen MR) is 96.1 cm³/mol. The number of piperazine rings is 1. The number of hydrogen-bond acceptors (Lipinski definition) is 4. The number of aromatic nitrogens is 2. The second-order valence-electron chi connectivity index (χ2n) is 6.69. The maximum atomic E-state index is 12.6. The van der Waals surface area contributed by atoms with E-state index in [9.17, 15) is 9.59 Å². The molecule has 2 aromatic rings. The summed E-state index contributed by atoms with van der Waals surface area (Å²) in [6, 6.07) is 7.27. The second kappa shape index (κ2) is 6.74. The van der Waals surface area contributed by atoms with E-state index < -0.39 is 0 Å². The average molecular weight is 341 g/mol. The van der Waals surface area contributed by atoms with Gasteiger partial charge in [-0.2, -0.15) is 0 Å². The van der Waals surface area contributed by atoms with E-state index in [-0.39, 0.29) is 11.6 Å². The minimum atomic E-state index is -0.0765. The third kappa shape index (κ3) is 3.18. The zero-order valence-corrected chi connectivity index (χ0v) is 14.3. The highest BCUT2D eigenvalue weighted by molar-refractivity contribution is 5.75. The summed E-state index contributed by atoms with van der Waals surface area (Å²) < 4.78 is 1.54. The lowest BCUT2D eigenvalue weighted by Crippen LogP contribution is -2.54. The summed E-state index contributed by atoms with van der Waals surface area (Å²) in [7, 11) is 0. The molecule has 0 atom stereocenters. The summed E-state index contributed by atoms with van der Waals surface area (Å²) in [6.07, 6.45) is 5.16. The normalized spacial score (nSPS) is 18.6. The van der Waals surface area contributed by atoms with Crippen molar-refractivity contribution in [2.75, 3.05) is 44.2 Å². The number of piperidine rings is 1. The first-order chi connectivity index (χ1) is 12.2. The Balaban J connectivity index is 1.45. The molecule has 2 aliphatic rings. The number of rotatable bonds is 1. The van der Waals surface area contributed by atoms with E-state index in [0.29, 0.717) is 37.6 Å². The van der Waals surface area contributed by atoms with Gasteiger partial charge in [-0.25, -0.2) is 9.78 Å². The molecule has 4 rings (SSSR count). The lowest BCUT2D eigenvalue weighted by Gasteiger charge is -2.39. The Morgan fingerprint density at radius 2 is 1.64 bits per heavy atom. The van der Waals surface area contributed by atoms with Gasteiger partial charge in [-0.05, 0) is 31.4 Å². The van der Waals surface area contributed by atoms with Crippen LogP contribution in [-0.4, -0.2) is 64.5 Å². The molecule has 4 heterocycles. The van der Waals surface area contributed by atoms with Gasteiger partial charge in [0.1, 0.15) is 11.5 Å². The molecule has 0 aliphatic carbocycles. The number of nitrogens with zero attached hydrogens (tertiary/aromatic N) is 5. The summed E-state index contributed by atoms with van der Waals surface area (Å²) in [5.74, 6) is 0.696. The molecule has 0 radical (unpaired) electrons. The number of urea groups is 1. The van der Waals surface area contributed by atoms with Crippen molar-refractivity contribution < 1.29 is 4.79 Å². The van der Waals surface area contributed by atoms with Crippen LogP contribution in [0, 0.1) is 0 Å². The van der Waals surface area contributed by atoms with Gasteiger partial charge in [-0.1, -0.05) is 6.07 Å². The smallest absolute Gasteiger partial charge is 0.320 e. The maximum Gasteiger partial charge on any atom is 0.320 e. The molecule has 0 aromatic carbocycles. The predicted octanol–water partition coefficient (Wildman–Crippen LogP) is 1.42. The van der Waals surface area contributed by atoms with Crippen LogP contribution in [0.25, 0.3) is 5.65 Å². The highest BCUT2D eigenvalue weighted by Gasteiger charge is 2.26. The van der Waals surface area contributed by atoms with E-state index in [2.05, 4.69) is 9.88 Å². The monoisotopic (exact) mass is 341 g/mol. The van der Waals surface area contributed by atoms with Crippen molar-refractivity contribution in [3.8, 4) is 0 Å². The van der Waals surface area contributed by atoms with Crippen LogP contribution in [0.1, 0.15) is 19.3 Å². The molecule has 0 N–H and O–H groups in total. The maximum absolute atomic E-state index is 12.6. The second-order valence-corrected chi connectivity index (χ2v) is 6.69.